The molecule has 2 fully saturated rings. The van der Waals surface area contributed by atoms with Crippen molar-refractivity contribution >= 4 is 21.4 Å². The Labute approximate surface area is 166 Å². The van der Waals surface area contributed by atoms with Crippen molar-refractivity contribution in [2.45, 2.75) is 61.3 Å². The van der Waals surface area contributed by atoms with Crippen LogP contribution in [0, 0.1) is 23.2 Å². The summed E-state index contributed by atoms with van der Waals surface area (Å²) >= 11 is 0. The van der Waals surface area contributed by atoms with E-state index in [4.69, 9.17) is 0 Å². The zero-order chi connectivity index (χ0) is 21.4. The fourth-order valence-corrected chi connectivity index (χ4v) is 5.78. The predicted octanol–water partition coefficient (Wildman–Crippen LogP) is 4.11. The zero-order valence-corrected chi connectivity index (χ0v) is 16.4. The molecule has 5 nitrogen and oxygen atoms in total. The normalized spacial score (nSPS) is 19.4. The minimum atomic E-state index is -4.79. The van der Waals surface area contributed by atoms with Crippen molar-refractivity contribution in [3.8, 4) is 6.07 Å². The summed E-state index contributed by atoms with van der Waals surface area (Å²) in [6, 6.07) is 3.47. The van der Waals surface area contributed by atoms with E-state index in [-0.39, 0.29) is 0 Å². The molecule has 29 heavy (non-hydrogen) atoms. The van der Waals surface area contributed by atoms with Crippen molar-refractivity contribution in [3.63, 3.8) is 0 Å². The number of halogens is 3. The maximum atomic E-state index is 13.2. The topological polar surface area (TPSA) is 92.1 Å². The maximum absolute atomic E-state index is 13.2. The molecule has 156 valence electrons. The van der Waals surface area contributed by atoms with Crippen molar-refractivity contribution < 1.29 is 31.2 Å². The van der Waals surface area contributed by atoms with E-state index in [1.807, 2.05) is 0 Å². The summed E-state index contributed by atoms with van der Waals surface area (Å²) in [5.41, 5.74) is -1.70. The molecule has 0 saturated heterocycles. The fraction of sp³-hybridized carbons (Fsp3) is 0.550. The van der Waals surface area contributed by atoms with Crippen LogP contribution in [0.3, 0.4) is 0 Å². The molecule has 2 aliphatic carbocycles. The average Bonchev–Trinajstić information content (AvgIpc) is 3.53. The van der Waals surface area contributed by atoms with Crippen LogP contribution in [0.4, 0.5) is 13.2 Å². The number of Topliss-reactive ketones (excluding diaryl/α,β-unsaturated/α-hetero) is 2. The highest BCUT2D eigenvalue weighted by atomic mass is 32.2. The predicted molar refractivity (Wildman–Crippen MR) is 96.7 cm³/mol. The van der Waals surface area contributed by atoms with Gasteiger partial charge in [-0.1, -0.05) is 19.3 Å². The lowest BCUT2D eigenvalue weighted by molar-refractivity contribution is -0.137. The number of carbonyl (C=O) groups excluding carboxylic acids is 2. The van der Waals surface area contributed by atoms with Crippen LogP contribution in [0.25, 0.3) is 0 Å². The number of rotatable bonds is 6. The molecule has 0 N–H and O–H groups in total. The summed E-state index contributed by atoms with van der Waals surface area (Å²) in [7, 11) is -4.23. The summed E-state index contributed by atoms with van der Waals surface area (Å²) in [6.45, 7) is 0. The highest BCUT2D eigenvalue weighted by Gasteiger charge is 2.42. The first-order valence-corrected chi connectivity index (χ1v) is 11.0. The van der Waals surface area contributed by atoms with Crippen LogP contribution >= 0.6 is 0 Å². The van der Waals surface area contributed by atoms with E-state index in [0.29, 0.717) is 50.7 Å². The summed E-state index contributed by atoms with van der Waals surface area (Å²) in [6.07, 6.45) is -0.997. The molecule has 2 saturated carbocycles. The number of hydrogen-bond acceptors (Lipinski definition) is 5. The molecule has 1 aromatic rings. The van der Waals surface area contributed by atoms with Gasteiger partial charge < -0.3 is 0 Å². The van der Waals surface area contributed by atoms with Crippen LogP contribution in [0.2, 0.25) is 0 Å². The molecule has 9 heteroatoms. The van der Waals surface area contributed by atoms with Crippen molar-refractivity contribution in [2.24, 2.45) is 11.8 Å². The van der Waals surface area contributed by atoms with E-state index in [1.165, 1.54) is 0 Å². The molecule has 0 aromatic heterocycles. The molecule has 2 aliphatic rings. The summed E-state index contributed by atoms with van der Waals surface area (Å²) in [4.78, 5) is 24.4. The molecule has 0 spiro atoms. The lowest BCUT2D eigenvalue weighted by atomic mass is 9.92. The molecular formula is C20H20F3NO4S. The van der Waals surface area contributed by atoms with Crippen LogP contribution in [-0.2, 0) is 20.8 Å². The van der Waals surface area contributed by atoms with Crippen LogP contribution < -0.4 is 0 Å². The van der Waals surface area contributed by atoms with Gasteiger partial charge in [-0.2, -0.15) is 18.4 Å². The van der Waals surface area contributed by atoms with Gasteiger partial charge in [0, 0.05) is 11.5 Å². The summed E-state index contributed by atoms with van der Waals surface area (Å²) in [5, 5.41) is 8.43. The number of nitriles is 1. The van der Waals surface area contributed by atoms with E-state index < -0.39 is 60.7 Å². The van der Waals surface area contributed by atoms with E-state index in [1.54, 1.807) is 6.07 Å². The van der Waals surface area contributed by atoms with Crippen molar-refractivity contribution in [3.05, 3.63) is 29.3 Å². The third kappa shape index (κ3) is 4.37. The number of ketones is 2. The lowest BCUT2D eigenvalue weighted by Gasteiger charge is -2.23. The van der Waals surface area contributed by atoms with Gasteiger partial charge in [0.05, 0.1) is 21.8 Å². The first kappa shape index (κ1) is 21.5. The smallest absolute Gasteiger partial charge is 0.297 e. The third-order valence-corrected chi connectivity index (χ3v) is 7.83. The van der Waals surface area contributed by atoms with Crippen molar-refractivity contribution in [1.82, 2.24) is 0 Å². The first-order chi connectivity index (χ1) is 13.6. The molecule has 0 aliphatic heterocycles. The molecule has 1 aromatic carbocycles. The van der Waals surface area contributed by atoms with E-state index in [2.05, 4.69) is 0 Å². The number of nitrogens with zero attached hydrogens (tertiary/aromatic N) is 1. The van der Waals surface area contributed by atoms with Gasteiger partial charge in [-0.05, 0) is 43.9 Å². The van der Waals surface area contributed by atoms with Crippen LogP contribution in [0.15, 0.2) is 23.1 Å². The summed E-state index contributed by atoms with van der Waals surface area (Å²) in [5.74, 6) is -3.78. The molecule has 0 bridgehead atoms. The minimum Gasteiger partial charge on any atom is -0.297 e. The molecule has 3 rings (SSSR count). The lowest BCUT2D eigenvalue weighted by Crippen LogP contribution is -2.29. The van der Waals surface area contributed by atoms with Crippen LogP contribution in [0.1, 0.15) is 60.9 Å². The SMILES string of the molecule is N#CC(C(=O)c1ccc(C(F)(F)F)cc1S(=O)(=O)C1CCCCC1)C(=O)C1CC1. The number of benzene rings is 1. The number of hydrogen-bond donors (Lipinski definition) is 0. The average molecular weight is 427 g/mol. The van der Waals surface area contributed by atoms with Crippen LogP contribution in [-0.4, -0.2) is 25.2 Å². The Hall–Kier alpha value is -2.21. The second-order valence-corrected chi connectivity index (χ2v) is 9.81. The Morgan fingerprint density at radius 3 is 2.21 bits per heavy atom. The Morgan fingerprint density at radius 1 is 1.07 bits per heavy atom. The monoisotopic (exact) mass is 427 g/mol. The van der Waals surface area contributed by atoms with E-state index >= 15 is 0 Å². The molecule has 0 heterocycles. The second kappa shape index (κ2) is 7.90. The molecule has 1 unspecified atom stereocenters. The van der Waals surface area contributed by atoms with Gasteiger partial charge in [-0.15, -0.1) is 0 Å². The van der Waals surface area contributed by atoms with Gasteiger partial charge in [0.1, 0.15) is 0 Å². The van der Waals surface area contributed by atoms with Crippen molar-refractivity contribution in [1.29, 1.82) is 5.26 Å². The standard InChI is InChI=1S/C20H20F3NO4S/c21-20(22,23)13-8-9-15(19(26)16(11-24)18(25)12-6-7-12)17(10-13)29(27,28)14-4-2-1-3-5-14/h8-10,12,14,16H,1-7H2. The second-order valence-electron chi connectivity index (χ2n) is 7.62. The zero-order valence-electron chi connectivity index (χ0n) is 15.5. The quantitative estimate of drug-likeness (QED) is 0.503. The maximum Gasteiger partial charge on any atom is 0.416 e. The Morgan fingerprint density at radius 2 is 1.69 bits per heavy atom. The van der Waals surface area contributed by atoms with E-state index in [0.717, 1.165) is 12.5 Å². The molecule has 1 atom stereocenters. The van der Waals surface area contributed by atoms with Gasteiger partial charge in [-0.3, -0.25) is 9.59 Å². The Bertz CT molecular complexity index is 968. The third-order valence-electron chi connectivity index (χ3n) is 5.53. The largest absolute Gasteiger partial charge is 0.416 e. The van der Waals surface area contributed by atoms with Crippen molar-refractivity contribution in [2.75, 3.05) is 0 Å². The molecular weight excluding hydrogens is 407 g/mol. The minimum absolute atomic E-state index is 0.300. The number of carbonyl (C=O) groups is 2. The van der Waals surface area contributed by atoms with Gasteiger partial charge in [-0.25, -0.2) is 8.42 Å². The van der Waals surface area contributed by atoms with Gasteiger partial charge >= 0.3 is 6.18 Å². The highest BCUT2D eigenvalue weighted by molar-refractivity contribution is 7.92. The van der Waals surface area contributed by atoms with Gasteiger partial charge in [0.2, 0.25) is 0 Å². The molecule has 0 radical (unpaired) electrons. The number of alkyl halides is 3. The van der Waals surface area contributed by atoms with Crippen LogP contribution in [0.5, 0.6) is 0 Å². The fourth-order valence-electron chi connectivity index (χ4n) is 3.70. The number of sulfone groups is 1. The summed E-state index contributed by atoms with van der Waals surface area (Å²) < 4.78 is 65.9. The van der Waals surface area contributed by atoms with Gasteiger partial charge in [0.15, 0.2) is 27.3 Å². The molecule has 0 amide bonds. The Kier molecular flexibility index (Phi) is 5.86. The highest BCUT2D eigenvalue weighted by Crippen LogP contribution is 2.37. The van der Waals surface area contributed by atoms with Gasteiger partial charge in [0.25, 0.3) is 0 Å². The Balaban J connectivity index is 2.10. The first-order valence-electron chi connectivity index (χ1n) is 9.50. The van der Waals surface area contributed by atoms with E-state index in [9.17, 15) is 36.4 Å².